The van der Waals surface area contributed by atoms with Gasteiger partial charge in [0, 0.05) is 66.8 Å². The molecule has 276 valence electrons. The number of esters is 1. The van der Waals surface area contributed by atoms with Crippen molar-refractivity contribution in [2.75, 3.05) is 26.2 Å². The fourth-order valence-electron chi connectivity index (χ4n) is 8.83. The molecule has 2 aliphatic rings. The van der Waals surface area contributed by atoms with Crippen LogP contribution in [0.15, 0.2) is 48.5 Å². The number of nitriles is 1. The highest BCUT2D eigenvalue weighted by Gasteiger charge is 2.46. The standard InChI is InChI=1S/C42H48BClFN5O3/c1-27-36(28(2)48(6)47-27)37-34(44)16-15-33-32(11-8-21-52-35-12-7-10-29-22-30(45)13-14-31(29)35)39(40(51)53-41(3,4)5)50(38(33)37)20-19-49-24-42(25-49)17-9-18-43(23-42)26-46/h7,10,12-16,22H,8-9,11,17-21,23-25H2,1-6H3. The Balaban J connectivity index is 1.27. The van der Waals surface area contributed by atoms with E-state index in [4.69, 9.17) is 26.2 Å². The van der Waals surface area contributed by atoms with E-state index in [1.54, 1.807) is 6.07 Å². The van der Waals surface area contributed by atoms with Crippen LogP contribution in [0.2, 0.25) is 17.7 Å². The monoisotopic (exact) mass is 735 g/mol. The molecule has 0 atom stereocenters. The average molecular weight is 736 g/mol. The predicted octanol–water partition coefficient (Wildman–Crippen LogP) is 9.22. The molecule has 5 aromatic rings. The molecule has 2 aliphatic heterocycles. The van der Waals surface area contributed by atoms with Gasteiger partial charge in [0.05, 0.1) is 22.8 Å². The zero-order valence-electron chi connectivity index (χ0n) is 31.7. The molecule has 53 heavy (non-hydrogen) atoms. The molecule has 0 N–H and O–H groups in total. The molecule has 0 amide bonds. The van der Waals surface area contributed by atoms with Crippen molar-refractivity contribution in [1.29, 1.82) is 5.26 Å². The van der Waals surface area contributed by atoms with Gasteiger partial charge in [-0.05, 0) is 101 Å². The van der Waals surface area contributed by atoms with Crippen LogP contribution >= 0.6 is 11.6 Å². The summed E-state index contributed by atoms with van der Waals surface area (Å²) in [5, 5.41) is 17.6. The van der Waals surface area contributed by atoms with E-state index in [1.165, 1.54) is 18.6 Å². The highest BCUT2D eigenvalue weighted by molar-refractivity contribution is 6.67. The van der Waals surface area contributed by atoms with Gasteiger partial charge in [-0.1, -0.05) is 48.9 Å². The number of aromatic nitrogens is 3. The summed E-state index contributed by atoms with van der Waals surface area (Å²) in [5.41, 5.74) is 5.54. The van der Waals surface area contributed by atoms with Crippen LogP contribution in [0, 0.1) is 36.3 Å². The Morgan fingerprint density at radius 2 is 1.87 bits per heavy atom. The van der Waals surface area contributed by atoms with Crippen molar-refractivity contribution in [2.24, 2.45) is 12.5 Å². The summed E-state index contributed by atoms with van der Waals surface area (Å²) >= 11 is 7.14. The van der Waals surface area contributed by atoms with Crippen LogP contribution in [-0.4, -0.2) is 63.8 Å². The number of rotatable bonds is 10. The van der Waals surface area contributed by atoms with Gasteiger partial charge < -0.3 is 18.9 Å². The highest BCUT2D eigenvalue weighted by Crippen LogP contribution is 2.45. The fourth-order valence-corrected chi connectivity index (χ4v) is 9.08. The first-order valence-corrected chi connectivity index (χ1v) is 19.2. The van der Waals surface area contributed by atoms with Crippen molar-refractivity contribution < 1.29 is 18.7 Å². The zero-order chi connectivity index (χ0) is 37.7. The second-order valence-electron chi connectivity index (χ2n) is 16.2. The third kappa shape index (κ3) is 7.31. The lowest BCUT2D eigenvalue weighted by atomic mass is 9.36. The normalized spacial score (nSPS) is 15.9. The van der Waals surface area contributed by atoms with E-state index < -0.39 is 5.60 Å². The first-order valence-electron chi connectivity index (χ1n) is 18.8. The van der Waals surface area contributed by atoms with E-state index in [-0.39, 0.29) is 23.9 Å². The summed E-state index contributed by atoms with van der Waals surface area (Å²) in [5.74, 6) is 2.56. The molecule has 11 heteroatoms. The number of carbonyl (C=O) groups is 1. The Morgan fingerprint density at radius 1 is 1.09 bits per heavy atom. The van der Waals surface area contributed by atoms with E-state index in [2.05, 4.69) is 15.4 Å². The quantitative estimate of drug-likeness (QED) is 0.0808. The maximum absolute atomic E-state index is 14.4. The molecule has 2 saturated heterocycles. The number of aryl methyl sites for hydroxylation is 3. The van der Waals surface area contributed by atoms with E-state index in [0.29, 0.717) is 42.5 Å². The maximum atomic E-state index is 14.4. The molecule has 3 aromatic carbocycles. The minimum Gasteiger partial charge on any atom is -0.493 e. The van der Waals surface area contributed by atoms with Gasteiger partial charge in [0.1, 0.15) is 22.9 Å². The number of benzene rings is 3. The largest absolute Gasteiger partial charge is 0.493 e. The Hall–Kier alpha value is -4.33. The Labute approximate surface area is 316 Å². The topological polar surface area (TPSA) is 85.3 Å². The second kappa shape index (κ2) is 14.5. The highest BCUT2D eigenvalue weighted by atomic mass is 35.5. The molecule has 7 rings (SSSR count). The van der Waals surface area contributed by atoms with Gasteiger partial charge in [-0.2, -0.15) is 5.10 Å². The number of ether oxygens (including phenoxy) is 2. The van der Waals surface area contributed by atoms with Gasteiger partial charge in [0.25, 0.3) is 6.71 Å². The van der Waals surface area contributed by atoms with Gasteiger partial charge in [-0.15, -0.1) is 0 Å². The minimum absolute atomic E-state index is 0.142. The van der Waals surface area contributed by atoms with Crippen molar-refractivity contribution in [1.82, 2.24) is 19.2 Å². The van der Waals surface area contributed by atoms with Crippen LogP contribution < -0.4 is 4.74 Å². The molecule has 0 unspecified atom stereocenters. The summed E-state index contributed by atoms with van der Waals surface area (Å²) in [6, 6.07) is 14.3. The van der Waals surface area contributed by atoms with Crippen molar-refractivity contribution >= 4 is 46.0 Å². The molecule has 1 spiro atoms. The third-order valence-electron chi connectivity index (χ3n) is 11.1. The zero-order valence-corrected chi connectivity index (χ0v) is 32.4. The van der Waals surface area contributed by atoms with Gasteiger partial charge in [-0.3, -0.25) is 4.68 Å². The number of carbonyl (C=O) groups excluding carboxylic acids is 1. The summed E-state index contributed by atoms with van der Waals surface area (Å²) in [6.45, 7) is 13.5. The van der Waals surface area contributed by atoms with Crippen molar-refractivity contribution in [3.8, 4) is 22.8 Å². The number of fused-ring (bicyclic) bond motifs is 2. The minimum atomic E-state index is -0.703. The van der Waals surface area contributed by atoms with Crippen LogP contribution in [0.3, 0.4) is 0 Å². The lowest BCUT2D eigenvalue weighted by Gasteiger charge is -2.53. The van der Waals surface area contributed by atoms with Crippen LogP contribution in [0.4, 0.5) is 4.39 Å². The van der Waals surface area contributed by atoms with Gasteiger partial charge in [0.2, 0.25) is 0 Å². The van der Waals surface area contributed by atoms with Crippen LogP contribution in [0.5, 0.6) is 5.75 Å². The van der Waals surface area contributed by atoms with E-state index in [1.807, 2.05) is 76.7 Å². The lowest BCUT2D eigenvalue weighted by molar-refractivity contribution is 0.000144. The van der Waals surface area contributed by atoms with Crippen molar-refractivity contribution in [2.45, 2.75) is 85.1 Å². The van der Waals surface area contributed by atoms with Crippen molar-refractivity contribution in [3.63, 3.8) is 0 Å². The number of likely N-dealkylation sites (tertiary alicyclic amines) is 1. The SMILES string of the molecule is Cc1nn(C)c(C)c1-c1c(Cl)ccc2c(CCCOc3cccc4cc(F)ccc34)c(C(=O)OC(C)(C)C)n(CCN3CC4(CCCB(C#N)C4)C3)c12. The molecule has 2 aromatic heterocycles. The Bertz CT molecular complexity index is 2240. The molecular formula is C42H48BClFN5O3. The number of nitrogens with zero attached hydrogens (tertiary/aromatic N) is 5. The first-order chi connectivity index (χ1) is 25.3. The number of hydrogen-bond acceptors (Lipinski definition) is 6. The molecule has 4 heterocycles. The molecule has 2 fully saturated rings. The third-order valence-corrected chi connectivity index (χ3v) is 11.5. The van der Waals surface area contributed by atoms with Gasteiger partial charge in [-0.25, -0.2) is 14.4 Å². The molecular weight excluding hydrogens is 688 g/mol. The number of halogens is 2. The molecule has 0 radical (unpaired) electrons. The van der Waals surface area contributed by atoms with Gasteiger partial charge in [0.15, 0.2) is 0 Å². The number of hydrogen-bond donors (Lipinski definition) is 0. The summed E-state index contributed by atoms with van der Waals surface area (Å²) in [6.07, 6.45) is 5.43. The molecule has 8 nitrogen and oxygen atoms in total. The van der Waals surface area contributed by atoms with Gasteiger partial charge >= 0.3 is 5.97 Å². The Kier molecular flexibility index (Phi) is 10.1. The van der Waals surface area contributed by atoms with Crippen molar-refractivity contribution in [3.05, 3.63) is 82.0 Å². The van der Waals surface area contributed by atoms with E-state index >= 15 is 0 Å². The average Bonchev–Trinajstić information content (AvgIpc) is 3.54. The van der Waals surface area contributed by atoms with Crippen LogP contribution in [-0.2, 0) is 24.8 Å². The van der Waals surface area contributed by atoms with Crippen LogP contribution in [0.25, 0.3) is 32.8 Å². The summed E-state index contributed by atoms with van der Waals surface area (Å²) < 4.78 is 30.4. The molecule has 0 bridgehead atoms. The first kappa shape index (κ1) is 37.0. The van der Waals surface area contributed by atoms with Crippen LogP contribution in [0.1, 0.15) is 67.5 Å². The lowest BCUT2D eigenvalue weighted by Crippen LogP contribution is -2.59. The summed E-state index contributed by atoms with van der Waals surface area (Å²) in [7, 11) is 1.94. The molecule has 0 saturated carbocycles. The molecule has 0 aliphatic carbocycles. The maximum Gasteiger partial charge on any atom is 0.355 e. The van der Waals surface area contributed by atoms with E-state index in [9.17, 15) is 14.4 Å². The fraction of sp³-hybridized carbons (Fsp3) is 0.452. The predicted molar refractivity (Wildman–Crippen MR) is 211 cm³/mol. The second-order valence-corrected chi connectivity index (χ2v) is 16.6. The van der Waals surface area contributed by atoms with E-state index in [0.717, 1.165) is 88.4 Å². The smallest absolute Gasteiger partial charge is 0.355 e. The summed E-state index contributed by atoms with van der Waals surface area (Å²) in [4.78, 5) is 16.9. The Morgan fingerprint density at radius 3 is 2.58 bits per heavy atom.